The van der Waals surface area contributed by atoms with E-state index in [0.29, 0.717) is 24.3 Å². The van der Waals surface area contributed by atoms with Gasteiger partial charge in [0.15, 0.2) is 5.82 Å². The summed E-state index contributed by atoms with van der Waals surface area (Å²) in [6.07, 6.45) is 0.846. The Bertz CT molecular complexity index is 807. The highest BCUT2D eigenvalue weighted by atomic mass is 16.5. The van der Waals surface area contributed by atoms with Gasteiger partial charge >= 0.3 is 6.01 Å². The van der Waals surface area contributed by atoms with Crippen molar-refractivity contribution in [2.75, 3.05) is 26.1 Å². The molecule has 0 aliphatic heterocycles. The maximum atomic E-state index is 5.19. The number of aromatic nitrogens is 3. The molecule has 1 N–H and O–H groups in total. The molecule has 1 heterocycles. The quantitative estimate of drug-likeness (QED) is 0.714. The maximum Gasteiger partial charge on any atom is 0.321 e. The summed E-state index contributed by atoms with van der Waals surface area (Å²) >= 11 is 0. The first-order chi connectivity index (χ1) is 12.3. The Balaban J connectivity index is 1.69. The zero-order valence-corrected chi connectivity index (χ0v) is 14.3. The van der Waals surface area contributed by atoms with Gasteiger partial charge in [0.05, 0.1) is 14.2 Å². The topological polar surface area (TPSA) is 69.2 Å². The lowest BCUT2D eigenvalue weighted by atomic mass is 10.1. The van der Waals surface area contributed by atoms with Crippen LogP contribution in [0.15, 0.2) is 54.6 Å². The largest absolute Gasteiger partial charge is 0.497 e. The van der Waals surface area contributed by atoms with Gasteiger partial charge in [-0.1, -0.05) is 42.5 Å². The molecule has 0 aliphatic carbocycles. The van der Waals surface area contributed by atoms with Crippen molar-refractivity contribution in [2.45, 2.75) is 6.42 Å². The van der Waals surface area contributed by atoms with Crippen molar-refractivity contribution in [2.24, 2.45) is 0 Å². The Morgan fingerprint density at radius 3 is 2.28 bits per heavy atom. The molecule has 6 nitrogen and oxygen atoms in total. The standard InChI is InChI=1S/C19H20N4O2/c1-24-16-10-8-14(9-11-16)12-13-20-18-21-17(22-19(23-18)25-2)15-6-4-3-5-7-15/h3-11H,12-13H2,1-2H3,(H,20,21,22,23). The first-order valence-electron chi connectivity index (χ1n) is 8.01. The van der Waals surface area contributed by atoms with Crippen LogP contribution in [0, 0.1) is 0 Å². The molecule has 0 unspecified atom stereocenters. The van der Waals surface area contributed by atoms with Crippen LogP contribution < -0.4 is 14.8 Å². The summed E-state index contributed by atoms with van der Waals surface area (Å²) in [4.78, 5) is 13.0. The Labute approximate surface area is 146 Å². The van der Waals surface area contributed by atoms with Crippen LogP contribution in [0.4, 0.5) is 5.95 Å². The van der Waals surface area contributed by atoms with E-state index >= 15 is 0 Å². The third-order valence-electron chi connectivity index (χ3n) is 3.69. The fourth-order valence-corrected chi connectivity index (χ4v) is 2.35. The molecule has 0 aliphatic rings. The normalized spacial score (nSPS) is 10.3. The van der Waals surface area contributed by atoms with Gasteiger partial charge < -0.3 is 14.8 Å². The molecule has 3 rings (SSSR count). The molecule has 0 fully saturated rings. The first-order valence-corrected chi connectivity index (χ1v) is 8.01. The van der Waals surface area contributed by atoms with Crippen molar-refractivity contribution in [3.8, 4) is 23.1 Å². The summed E-state index contributed by atoms with van der Waals surface area (Å²) < 4.78 is 10.4. The van der Waals surface area contributed by atoms with Gasteiger partial charge in [0.25, 0.3) is 0 Å². The van der Waals surface area contributed by atoms with E-state index in [0.717, 1.165) is 17.7 Å². The summed E-state index contributed by atoms with van der Waals surface area (Å²) in [5.41, 5.74) is 2.12. The van der Waals surface area contributed by atoms with Crippen LogP contribution >= 0.6 is 0 Å². The third kappa shape index (κ3) is 4.44. The van der Waals surface area contributed by atoms with Gasteiger partial charge in [0.2, 0.25) is 5.95 Å². The van der Waals surface area contributed by atoms with Gasteiger partial charge in [-0.25, -0.2) is 0 Å². The fourth-order valence-electron chi connectivity index (χ4n) is 2.35. The Kier molecular flexibility index (Phi) is 5.41. The molecule has 0 spiro atoms. The maximum absolute atomic E-state index is 5.19. The lowest BCUT2D eigenvalue weighted by Gasteiger charge is -2.09. The number of hydrogen-bond acceptors (Lipinski definition) is 6. The summed E-state index contributed by atoms with van der Waals surface area (Å²) in [6.45, 7) is 0.702. The third-order valence-corrected chi connectivity index (χ3v) is 3.69. The summed E-state index contributed by atoms with van der Waals surface area (Å²) in [6, 6.07) is 18.0. The van der Waals surface area contributed by atoms with E-state index in [4.69, 9.17) is 9.47 Å². The van der Waals surface area contributed by atoms with Crippen LogP contribution in [0.1, 0.15) is 5.56 Å². The highest BCUT2D eigenvalue weighted by Gasteiger charge is 2.08. The van der Waals surface area contributed by atoms with Crippen LogP contribution in [0.5, 0.6) is 11.8 Å². The van der Waals surface area contributed by atoms with E-state index in [1.165, 1.54) is 5.56 Å². The zero-order valence-electron chi connectivity index (χ0n) is 14.3. The molecule has 0 radical (unpaired) electrons. The lowest BCUT2D eigenvalue weighted by molar-refractivity contribution is 0.379. The molecule has 3 aromatic rings. The van der Waals surface area contributed by atoms with E-state index in [9.17, 15) is 0 Å². The van der Waals surface area contributed by atoms with E-state index in [1.54, 1.807) is 14.2 Å². The van der Waals surface area contributed by atoms with Crippen LogP contribution in [-0.2, 0) is 6.42 Å². The molecule has 6 heteroatoms. The van der Waals surface area contributed by atoms with Gasteiger partial charge in [0, 0.05) is 12.1 Å². The average molecular weight is 336 g/mol. The number of nitrogens with zero attached hydrogens (tertiary/aromatic N) is 3. The second kappa shape index (κ2) is 8.10. The fraction of sp³-hybridized carbons (Fsp3) is 0.211. The van der Waals surface area contributed by atoms with Crippen molar-refractivity contribution in [3.63, 3.8) is 0 Å². The second-order valence-electron chi connectivity index (χ2n) is 5.36. The van der Waals surface area contributed by atoms with E-state index in [2.05, 4.69) is 20.3 Å². The zero-order chi connectivity index (χ0) is 17.5. The van der Waals surface area contributed by atoms with E-state index in [1.807, 2.05) is 54.6 Å². The average Bonchev–Trinajstić information content (AvgIpc) is 2.69. The molecule has 1 aromatic heterocycles. The molecular weight excluding hydrogens is 316 g/mol. The number of benzene rings is 2. The van der Waals surface area contributed by atoms with Gasteiger partial charge in [-0.05, 0) is 24.1 Å². The predicted octanol–water partition coefficient (Wildman–Crippen LogP) is 3.21. The monoisotopic (exact) mass is 336 g/mol. The minimum absolute atomic E-state index is 0.292. The van der Waals surface area contributed by atoms with Gasteiger partial charge in [-0.3, -0.25) is 0 Å². The Hall–Kier alpha value is -3.15. The van der Waals surface area contributed by atoms with Crippen LogP contribution in [0.2, 0.25) is 0 Å². The molecule has 0 saturated heterocycles. The minimum Gasteiger partial charge on any atom is -0.497 e. The number of rotatable bonds is 7. The Morgan fingerprint density at radius 1 is 0.840 bits per heavy atom. The second-order valence-corrected chi connectivity index (χ2v) is 5.36. The molecule has 2 aromatic carbocycles. The van der Waals surface area contributed by atoms with Crippen molar-refractivity contribution in [1.29, 1.82) is 0 Å². The number of methoxy groups -OCH3 is 2. The van der Waals surface area contributed by atoms with E-state index < -0.39 is 0 Å². The van der Waals surface area contributed by atoms with Crippen molar-refractivity contribution < 1.29 is 9.47 Å². The number of nitrogens with one attached hydrogen (secondary N) is 1. The van der Waals surface area contributed by atoms with Crippen molar-refractivity contribution in [3.05, 3.63) is 60.2 Å². The van der Waals surface area contributed by atoms with Gasteiger partial charge in [0.1, 0.15) is 5.75 Å². The van der Waals surface area contributed by atoms with Crippen LogP contribution in [0.25, 0.3) is 11.4 Å². The van der Waals surface area contributed by atoms with Gasteiger partial charge in [-0.2, -0.15) is 15.0 Å². The van der Waals surface area contributed by atoms with E-state index in [-0.39, 0.29) is 0 Å². The van der Waals surface area contributed by atoms with Gasteiger partial charge in [-0.15, -0.1) is 0 Å². The number of ether oxygens (including phenoxy) is 2. The highest BCUT2D eigenvalue weighted by molar-refractivity contribution is 5.56. The molecular formula is C19H20N4O2. The Morgan fingerprint density at radius 2 is 1.60 bits per heavy atom. The SMILES string of the molecule is COc1ccc(CCNc2nc(OC)nc(-c3ccccc3)n2)cc1. The number of hydrogen-bond donors (Lipinski definition) is 1. The molecule has 0 atom stereocenters. The van der Waals surface area contributed by atoms with Crippen molar-refractivity contribution >= 4 is 5.95 Å². The predicted molar refractivity (Wildman–Crippen MR) is 97.0 cm³/mol. The van der Waals surface area contributed by atoms with Crippen LogP contribution in [-0.4, -0.2) is 35.7 Å². The molecule has 128 valence electrons. The summed E-state index contributed by atoms with van der Waals surface area (Å²) in [5.74, 6) is 1.94. The lowest BCUT2D eigenvalue weighted by Crippen LogP contribution is -2.10. The smallest absolute Gasteiger partial charge is 0.321 e. The molecule has 25 heavy (non-hydrogen) atoms. The minimum atomic E-state index is 0.292. The summed E-state index contributed by atoms with van der Waals surface area (Å²) in [5, 5.41) is 3.23. The van der Waals surface area contributed by atoms with Crippen molar-refractivity contribution in [1.82, 2.24) is 15.0 Å². The highest BCUT2D eigenvalue weighted by Crippen LogP contribution is 2.18. The number of anilines is 1. The summed E-state index contributed by atoms with van der Waals surface area (Å²) in [7, 11) is 3.21. The molecule has 0 saturated carbocycles. The molecule has 0 bridgehead atoms. The first kappa shape index (κ1) is 16.7. The van der Waals surface area contributed by atoms with Crippen LogP contribution in [0.3, 0.4) is 0 Å². The molecule has 0 amide bonds.